The zero-order valence-corrected chi connectivity index (χ0v) is 11.0. The molecular weight excluding hydrogens is 246 g/mol. The molecule has 0 aromatic carbocycles. The Hall–Kier alpha value is -1.36. The van der Waals surface area contributed by atoms with Crippen molar-refractivity contribution in [2.45, 2.75) is 38.2 Å². The number of carbonyl (C=O) groups excluding carboxylic acids is 1. The summed E-state index contributed by atoms with van der Waals surface area (Å²) in [5.74, 6) is -2.10. The fraction of sp³-hybridized carbons (Fsp3) is 0.714. The topological polar surface area (TPSA) is 75.6 Å². The number of allylic oxidation sites excluding steroid dienone is 2. The number of carbonyl (C=O) groups is 2. The molecule has 0 aromatic heterocycles. The van der Waals surface area contributed by atoms with Crippen molar-refractivity contribution in [1.29, 1.82) is 0 Å². The van der Waals surface area contributed by atoms with E-state index in [1.54, 1.807) is 0 Å². The second-order valence-electron chi connectivity index (χ2n) is 5.23. The fourth-order valence-electron chi connectivity index (χ4n) is 2.69. The SMILES string of the molecule is O=C(O)C1CC=CCC1C(=O)NCC1CCCCO1. The molecule has 0 bridgehead atoms. The lowest BCUT2D eigenvalue weighted by molar-refractivity contribution is -0.147. The summed E-state index contributed by atoms with van der Waals surface area (Å²) in [4.78, 5) is 23.2. The molecule has 2 rings (SSSR count). The lowest BCUT2D eigenvalue weighted by atomic mass is 9.82. The number of amides is 1. The second-order valence-corrected chi connectivity index (χ2v) is 5.23. The molecule has 1 fully saturated rings. The van der Waals surface area contributed by atoms with Crippen LogP contribution in [0.4, 0.5) is 0 Å². The van der Waals surface area contributed by atoms with Crippen molar-refractivity contribution in [3.8, 4) is 0 Å². The van der Waals surface area contributed by atoms with Crippen LogP contribution in [0.3, 0.4) is 0 Å². The first-order valence-electron chi connectivity index (χ1n) is 6.95. The maximum atomic E-state index is 12.1. The maximum Gasteiger partial charge on any atom is 0.307 e. The molecule has 0 spiro atoms. The fourth-order valence-corrected chi connectivity index (χ4v) is 2.69. The van der Waals surface area contributed by atoms with Crippen LogP contribution in [0.15, 0.2) is 12.2 Å². The molecule has 0 saturated carbocycles. The molecule has 19 heavy (non-hydrogen) atoms. The van der Waals surface area contributed by atoms with Crippen LogP contribution in [0.25, 0.3) is 0 Å². The molecule has 1 heterocycles. The first-order valence-corrected chi connectivity index (χ1v) is 6.95. The van der Waals surface area contributed by atoms with Gasteiger partial charge in [0.25, 0.3) is 0 Å². The second kappa shape index (κ2) is 6.70. The van der Waals surface area contributed by atoms with Crippen LogP contribution in [0.2, 0.25) is 0 Å². The summed E-state index contributed by atoms with van der Waals surface area (Å²) in [5, 5.41) is 12.0. The van der Waals surface area contributed by atoms with Crippen LogP contribution in [-0.4, -0.2) is 36.2 Å². The Kier molecular flexibility index (Phi) is 4.96. The normalized spacial score (nSPS) is 30.8. The van der Waals surface area contributed by atoms with Gasteiger partial charge >= 0.3 is 5.97 Å². The highest BCUT2D eigenvalue weighted by atomic mass is 16.5. The van der Waals surface area contributed by atoms with Crippen molar-refractivity contribution < 1.29 is 19.4 Å². The van der Waals surface area contributed by atoms with Gasteiger partial charge in [-0.25, -0.2) is 0 Å². The molecule has 3 atom stereocenters. The van der Waals surface area contributed by atoms with E-state index in [0.29, 0.717) is 19.4 Å². The zero-order valence-electron chi connectivity index (χ0n) is 11.0. The molecule has 0 aromatic rings. The summed E-state index contributed by atoms with van der Waals surface area (Å²) in [6, 6.07) is 0. The van der Waals surface area contributed by atoms with Gasteiger partial charge in [0.1, 0.15) is 0 Å². The highest BCUT2D eigenvalue weighted by molar-refractivity contribution is 5.85. The van der Waals surface area contributed by atoms with Crippen molar-refractivity contribution in [3.05, 3.63) is 12.2 Å². The predicted octanol–water partition coefficient (Wildman–Crippen LogP) is 1.34. The van der Waals surface area contributed by atoms with E-state index in [-0.39, 0.29) is 12.0 Å². The van der Waals surface area contributed by atoms with Gasteiger partial charge in [-0.05, 0) is 32.1 Å². The Morgan fingerprint density at radius 2 is 1.95 bits per heavy atom. The molecule has 0 radical (unpaired) electrons. The van der Waals surface area contributed by atoms with E-state index in [0.717, 1.165) is 25.9 Å². The summed E-state index contributed by atoms with van der Waals surface area (Å²) < 4.78 is 5.54. The first-order chi connectivity index (χ1) is 9.18. The molecule has 5 heteroatoms. The molecule has 2 aliphatic rings. The van der Waals surface area contributed by atoms with Gasteiger partial charge in [-0.2, -0.15) is 0 Å². The van der Waals surface area contributed by atoms with Crippen LogP contribution in [-0.2, 0) is 14.3 Å². The lowest BCUT2D eigenvalue weighted by Gasteiger charge is -2.27. The van der Waals surface area contributed by atoms with Crippen molar-refractivity contribution in [3.63, 3.8) is 0 Å². The molecule has 5 nitrogen and oxygen atoms in total. The number of ether oxygens (including phenoxy) is 1. The molecule has 1 aliphatic carbocycles. The molecule has 3 unspecified atom stereocenters. The average Bonchev–Trinajstić information content (AvgIpc) is 2.46. The maximum absolute atomic E-state index is 12.1. The molecule has 1 amide bonds. The van der Waals surface area contributed by atoms with Gasteiger partial charge in [-0.3, -0.25) is 9.59 Å². The van der Waals surface area contributed by atoms with Crippen LogP contribution in [0.5, 0.6) is 0 Å². The summed E-state index contributed by atoms with van der Waals surface area (Å²) in [6.07, 6.45) is 7.94. The minimum absolute atomic E-state index is 0.0834. The van der Waals surface area contributed by atoms with E-state index < -0.39 is 17.8 Å². The standard InChI is InChI=1S/C14H21NO4/c16-13(15-9-10-5-3-4-8-19-10)11-6-1-2-7-12(11)14(17)18/h1-2,10-12H,3-9H2,(H,15,16)(H,17,18). The third-order valence-corrected chi connectivity index (χ3v) is 3.86. The Balaban J connectivity index is 1.84. The van der Waals surface area contributed by atoms with Crippen LogP contribution < -0.4 is 5.32 Å². The van der Waals surface area contributed by atoms with E-state index in [1.807, 2.05) is 12.2 Å². The van der Waals surface area contributed by atoms with Crippen molar-refractivity contribution >= 4 is 11.9 Å². The largest absolute Gasteiger partial charge is 0.481 e. The minimum Gasteiger partial charge on any atom is -0.481 e. The number of carboxylic acids is 1. The Morgan fingerprint density at radius 3 is 2.58 bits per heavy atom. The number of carboxylic acid groups (broad SMARTS) is 1. The number of aliphatic carboxylic acids is 1. The number of rotatable bonds is 4. The van der Waals surface area contributed by atoms with E-state index in [1.165, 1.54) is 0 Å². The number of hydrogen-bond acceptors (Lipinski definition) is 3. The molecular formula is C14H21NO4. The Bertz CT molecular complexity index is 360. The number of nitrogens with one attached hydrogen (secondary N) is 1. The number of hydrogen-bond donors (Lipinski definition) is 2. The van der Waals surface area contributed by atoms with Gasteiger partial charge in [-0.15, -0.1) is 0 Å². The van der Waals surface area contributed by atoms with Crippen molar-refractivity contribution in [1.82, 2.24) is 5.32 Å². The van der Waals surface area contributed by atoms with Gasteiger partial charge in [-0.1, -0.05) is 12.2 Å². The van der Waals surface area contributed by atoms with Crippen LogP contribution in [0.1, 0.15) is 32.1 Å². The van der Waals surface area contributed by atoms with Crippen LogP contribution >= 0.6 is 0 Å². The van der Waals surface area contributed by atoms with Gasteiger partial charge in [0.15, 0.2) is 0 Å². The monoisotopic (exact) mass is 267 g/mol. The van der Waals surface area contributed by atoms with Gasteiger partial charge in [0.2, 0.25) is 5.91 Å². The minimum atomic E-state index is -0.890. The molecule has 1 aliphatic heterocycles. The summed E-state index contributed by atoms with van der Waals surface area (Å²) in [5.41, 5.74) is 0. The third-order valence-electron chi connectivity index (χ3n) is 3.86. The van der Waals surface area contributed by atoms with E-state index >= 15 is 0 Å². The molecule has 2 N–H and O–H groups in total. The quantitative estimate of drug-likeness (QED) is 0.754. The summed E-state index contributed by atoms with van der Waals surface area (Å²) in [6.45, 7) is 1.25. The summed E-state index contributed by atoms with van der Waals surface area (Å²) in [7, 11) is 0. The molecule has 1 saturated heterocycles. The van der Waals surface area contributed by atoms with Crippen molar-refractivity contribution in [2.75, 3.05) is 13.2 Å². The molecule has 106 valence electrons. The van der Waals surface area contributed by atoms with E-state index in [4.69, 9.17) is 9.84 Å². The van der Waals surface area contributed by atoms with Gasteiger partial charge < -0.3 is 15.2 Å². The average molecular weight is 267 g/mol. The lowest BCUT2D eigenvalue weighted by Crippen LogP contribution is -2.42. The Labute approximate surface area is 113 Å². The first kappa shape index (κ1) is 14.1. The Morgan fingerprint density at radius 1 is 1.21 bits per heavy atom. The predicted molar refractivity (Wildman–Crippen MR) is 69.6 cm³/mol. The van der Waals surface area contributed by atoms with E-state index in [2.05, 4.69) is 5.32 Å². The van der Waals surface area contributed by atoms with Gasteiger partial charge in [0, 0.05) is 13.2 Å². The highest BCUT2D eigenvalue weighted by Crippen LogP contribution is 2.26. The third kappa shape index (κ3) is 3.80. The highest BCUT2D eigenvalue weighted by Gasteiger charge is 2.34. The van der Waals surface area contributed by atoms with Crippen LogP contribution in [0, 0.1) is 11.8 Å². The van der Waals surface area contributed by atoms with Gasteiger partial charge in [0.05, 0.1) is 17.9 Å². The van der Waals surface area contributed by atoms with E-state index in [9.17, 15) is 9.59 Å². The summed E-state index contributed by atoms with van der Waals surface area (Å²) >= 11 is 0. The zero-order chi connectivity index (χ0) is 13.7. The van der Waals surface area contributed by atoms with Crippen molar-refractivity contribution in [2.24, 2.45) is 11.8 Å². The smallest absolute Gasteiger partial charge is 0.307 e.